The van der Waals surface area contributed by atoms with Gasteiger partial charge in [-0.25, -0.2) is 4.39 Å². The van der Waals surface area contributed by atoms with E-state index in [1.165, 1.54) is 19.1 Å². The second-order valence-corrected chi connectivity index (χ2v) is 9.73. The predicted molar refractivity (Wildman–Crippen MR) is 116 cm³/mol. The molecule has 36 heavy (non-hydrogen) atoms. The molecule has 0 bridgehead atoms. The largest absolute Gasteiger partial charge is 0.416 e. The minimum Gasteiger partial charge on any atom is -0.368 e. The van der Waals surface area contributed by atoms with Crippen LogP contribution in [0.15, 0.2) is 42.5 Å². The number of halogens is 7. The van der Waals surface area contributed by atoms with Gasteiger partial charge < -0.3 is 15.4 Å². The predicted octanol–water partition coefficient (Wildman–Crippen LogP) is 5.67. The Balaban J connectivity index is 1.68. The van der Waals surface area contributed by atoms with Gasteiger partial charge in [0, 0.05) is 25.0 Å². The lowest BCUT2D eigenvalue weighted by atomic mass is 9.80. The molecule has 4 rings (SSSR count). The first-order chi connectivity index (χ1) is 16.6. The first kappa shape index (κ1) is 26.4. The summed E-state index contributed by atoms with van der Waals surface area (Å²) in [5.41, 5.74) is 2.53. The molecule has 2 aliphatic heterocycles. The summed E-state index contributed by atoms with van der Waals surface area (Å²) in [6.45, 7) is 3.31. The smallest absolute Gasteiger partial charge is 0.368 e. The molecular weight excluding hydrogens is 493 g/mol. The number of hydrogen-bond acceptors (Lipinski definition) is 3. The Kier molecular flexibility index (Phi) is 6.62. The van der Waals surface area contributed by atoms with Gasteiger partial charge in [-0.1, -0.05) is 12.1 Å². The fraction of sp³-hybridized carbons (Fsp3) is 0.480. The lowest BCUT2D eigenvalue weighted by molar-refractivity contribution is -0.143. The molecule has 2 unspecified atom stereocenters. The van der Waals surface area contributed by atoms with Gasteiger partial charge in [-0.15, -0.1) is 0 Å². The van der Waals surface area contributed by atoms with Crippen LogP contribution in [-0.2, 0) is 21.9 Å². The van der Waals surface area contributed by atoms with Crippen molar-refractivity contribution >= 4 is 5.91 Å². The number of alkyl halides is 6. The summed E-state index contributed by atoms with van der Waals surface area (Å²) in [6, 6.07) is 6.56. The molecule has 2 N–H and O–H groups in total. The molecule has 0 radical (unpaired) electrons. The highest BCUT2D eigenvalue weighted by atomic mass is 19.4. The Morgan fingerprint density at radius 3 is 2.11 bits per heavy atom. The number of nitrogens with two attached hydrogens (primary N) is 1. The van der Waals surface area contributed by atoms with Crippen LogP contribution in [0.5, 0.6) is 0 Å². The molecule has 196 valence electrons. The number of carbonyl (C=O) groups excluding carboxylic acids is 1. The molecule has 0 aliphatic carbocycles. The molecule has 2 aliphatic rings. The third kappa shape index (κ3) is 4.82. The van der Waals surface area contributed by atoms with E-state index in [1.807, 2.05) is 0 Å². The van der Waals surface area contributed by atoms with Crippen LogP contribution < -0.4 is 5.73 Å². The molecule has 2 fully saturated rings. The second kappa shape index (κ2) is 9.02. The number of ether oxygens (including phenoxy) is 1. The Morgan fingerprint density at radius 2 is 1.61 bits per heavy atom. The summed E-state index contributed by atoms with van der Waals surface area (Å²) in [6.07, 6.45) is -11.5. The zero-order valence-corrected chi connectivity index (χ0v) is 19.5. The fourth-order valence-corrected chi connectivity index (χ4v) is 5.23. The summed E-state index contributed by atoms with van der Waals surface area (Å²) in [5, 5.41) is 0. The van der Waals surface area contributed by atoms with Gasteiger partial charge in [0.2, 0.25) is 5.91 Å². The third-order valence-electron chi connectivity index (χ3n) is 7.19. The van der Waals surface area contributed by atoms with E-state index < -0.39 is 52.8 Å². The summed E-state index contributed by atoms with van der Waals surface area (Å²) < 4.78 is 99.6. The highest BCUT2D eigenvalue weighted by molar-refractivity contribution is 5.86. The van der Waals surface area contributed by atoms with E-state index in [2.05, 4.69) is 0 Å². The van der Waals surface area contributed by atoms with E-state index in [9.17, 15) is 35.5 Å². The van der Waals surface area contributed by atoms with Crippen molar-refractivity contribution in [1.82, 2.24) is 4.90 Å². The summed E-state index contributed by atoms with van der Waals surface area (Å²) in [7, 11) is 0. The van der Waals surface area contributed by atoms with Gasteiger partial charge in [-0.2, -0.15) is 26.3 Å². The molecule has 0 aromatic heterocycles. The van der Waals surface area contributed by atoms with Crippen LogP contribution in [0, 0.1) is 11.2 Å². The molecule has 2 aromatic rings. The molecular formula is C25H25F7N2O2. The van der Waals surface area contributed by atoms with Crippen LogP contribution in [0.4, 0.5) is 30.7 Å². The van der Waals surface area contributed by atoms with Crippen LogP contribution in [0.1, 0.15) is 54.5 Å². The maximum absolute atomic E-state index is 13.6. The SMILES string of the molecule is C[C@@H](O[C@H]1CN2C(=O)C(C)(CN)C[C@H]2C1c1ccc(F)cc1)c1cc(C(F)(F)F)cc(C(F)(F)F)c1. The van der Waals surface area contributed by atoms with Crippen LogP contribution in [0.3, 0.4) is 0 Å². The van der Waals surface area contributed by atoms with Gasteiger partial charge in [0.05, 0.1) is 28.7 Å². The standard InChI is InChI=1S/C25H25F7N2O2/c1-13(15-7-16(24(27,28)29)9-17(8-15)25(30,31)32)36-20-11-34-19(10-23(2,12-33)22(34)35)21(20)14-3-5-18(26)6-4-14/h3-9,13,19-21H,10-12,33H2,1-2H3/t13-,19+,20+,21?,23?/m1/s1. The van der Waals surface area contributed by atoms with Crippen LogP contribution >= 0.6 is 0 Å². The van der Waals surface area contributed by atoms with Crippen molar-refractivity contribution in [1.29, 1.82) is 0 Å². The minimum absolute atomic E-state index is 0.0650. The van der Waals surface area contributed by atoms with Crippen LogP contribution in [-0.4, -0.2) is 36.0 Å². The molecule has 2 aromatic carbocycles. The lowest BCUT2D eigenvalue weighted by Gasteiger charge is -2.29. The van der Waals surface area contributed by atoms with E-state index in [4.69, 9.17) is 10.5 Å². The average Bonchev–Trinajstić information content (AvgIpc) is 3.26. The highest BCUT2D eigenvalue weighted by Crippen LogP contribution is 2.49. The fourth-order valence-electron chi connectivity index (χ4n) is 5.23. The first-order valence-corrected chi connectivity index (χ1v) is 11.4. The quantitative estimate of drug-likeness (QED) is 0.519. The molecule has 0 spiro atoms. The van der Waals surface area contributed by atoms with Crippen LogP contribution in [0.25, 0.3) is 0 Å². The monoisotopic (exact) mass is 518 g/mol. The topological polar surface area (TPSA) is 55.6 Å². The van der Waals surface area contributed by atoms with Crippen LogP contribution in [0.2, 0.25) is 0 Å². The molecule has 11 heteroatoms. The Hall–Kier alpha value is -2.66. The maximum atomic E-state index is 13.6. The Bertz CT molecular complexity index is 1100. The average molecular weight is 518 g/mol. The number of hydrogen-bond donors (Lipinski definition) is 1. The number of amides is 1. The number of fused-ring (bicyclic) bond motifs is 1. The minimum atomic E-state index is -4.98. The van der Waals surface area contributed by atoms with Gasteiger partial charge in [0.1, 0.15) is 5.82 Å². The van der Waals surface area contributed by atoms with E-state index in [0.29, 0.717) is 24.1 Å². The number of rotatable bonds is 5. The van der Waals surface area contributed by atoms with Gasteiger partial charge in [0.25, 0.3) is 0 Å². The van der Waals surface area contributed by atoms with Gasteiger partial charge in [0.15, 0.2) is 0 Å². The maximum Gasteiger partial charge on any atom is 0.416 e. The van der Waals surface area contributed by atoms with E-state index in [-0.39, 0.29) is 36.7 Å². The van der Waals surface area contributed by atoms with Crippen molar-refractivity contribution in [3.8, 4) is 0 Å². The van der Waals surface area contributed by atoms with Crippen molar-refractivity contribution in [3.05, 3.63) is 70.5 Å². The second-order valence-electron chi connectivity index (χ2n) is 9.73. The van der Waals surface area contributed by atoms with Crippen molar-refractivity contribution in [2.24, 2.45) is 11.1 Å². The summed E-state index contributed by atoms with van der Waals surface area (Å²) in [5.74, 6) is -1.14. The summed E-state index contributed by atoms with van der Waals surface area (Å²) >= 11 is 0. The normalized spacial score (nSPS) is 27.4. The number of nitrogens with zero attached hydrogens (tertiary/aromatic N) is 1. The van der Waals surface area contributed by atoms with Gasteiger partial charge >= 0.3 is 12.4 Å². The van der Waals surface area contributed by atoms with E-state index >= 15 is 0 Å². The highest BCUT2D eigenvalue weighted by Gasteiger charge is 2.56. The molecule has 1 amide bonds. The Morgan fingerprint density at radius 1 is 1.06 bits per heavy atom. The molecule has 5 atom stereocenters. The summed E-state index contributed by atoms with van der Waals surface area (Å²) in [4.78, 5) is 14.7. The Labute approximate surface area is 203 Å². The van der Waals surface area contributed by atoms with Gasteiger partial charge in [-0.3, -0.25) is 4.79 Å². The van der Waals surface area contributed by atoms with Crippen molar-refractivity contribution in [2.75, 3.05) is 13.1 Å². The zero-order valence-electron chi connectivity index (χ0n) is 19.5. The number of carbonyl (C=O) groups is 1. The molecule has 0 saturated carbocycles. The first-order valence-electron chi connectivity index (χ1n) is 11.4. The zero-order chi connectivity index (χ0) is 26.6. The van der Waals surface area contributed by atoms with Crippen molar-refractivity contribution < 1.29 is 40.3 Å². The third-order valence-corrected chi connectivity index (χ3v) is 7.19. The van der Waals surface area contributed by atoms with E-state index in [1.54, 1.807) is 24.0 Å². The van der Waals surface area contributed by atoms with Crippen molar-refractivity contribution in [2.45, 2.75) is 56.8 Å². The van der Waals surface area contributed by atoms with Crippen molar-refractivity contribution in [3.63, 3.8) is 0 Å². The van der Waals surface area contributed by atoms with E-state index in [0.717, 1.165) is 0 Å². The van der Waals surface area contributed by atoms with Gasteiger partial charge in [-0.05, 0) is 61.7 Å². The molecule has 4 nitrogen and oxygen atoms in total. The molecule has 2 saturated heterocycles. The molecule has 2 heterocycles. The lowest BCUT2D eigenvalue weighted by Crippen LogP contribution is -2.39. The number of benzene rings is 2.